The topological polar surface area (TPSA) is 56.8 Å². The van der Waals surface area contributed by atoms with Crippen molar-refractivity contribution in [3.05, 3.63) is 52.7 Å². The summed E-state index contributed by atoms with van der Waals surface area (Å²) < 4.78 is 6.29. The van der Waals surface area contributed by atoms with Crippen LogP contribution in [0.4, 0.5) is 11.5 Å². The van der Waals surface area contributed by atoms with Crippen molar-refractivity contribution in [2.45, 2.75) is 57.3 Å². The highest BCUT2D eigenvalue weighted by atomic mass is 35.5. The fraction of sp³-hybridized carbons (Fsp3) is 0.517. The number of fused-ring (bicyclic) bond motifs is 2. The highest BCUT2D eigenvalue weighted by Crippen LogP contribution is 2.37. The van der Waals surface area contributed by atoms with Crippen molar-refractivity contribution in [3.8, 4) is 6.01 Å². The lowest BCUT2D eigenvalue weighted by Crippen LogP contribution is -2.38. The molecule has 0 spiro atoms. The maximum absolute atomic E-state index is 6.68. The Balaban J connectivity index is 1.34. The van der Waals surface area contributed by atoms with Gasteiger partial charge in [0.15, 0.2) is 0 Å². The number of nitrogens with one attached hydrogen (secondary N) is 1. The van der Waals surface area contributed by atoms with E-state index >= 15 is 0 Å². The average molecular weight is 521 g/mol. The van der Waals surface area contributed by atoms with Gasteiger partial charge in [0.2, 0.25) is 0 Å². The number of hydrogen-bond acceptors (Lipinski definition) is 7. The molecule has 2 saturated heterocycles. The zero-order chi connectivity index (χ0) is 25.5. The first-order valence-electron chi connectivity index (χ1n) is 13.6. The van der Waals surface area contributed by atoms with Gasteiger partial charge in [-0.15, -0.1) is 0 Å². The molecular weight excluding hydrogens is 484 g/mol. The summed E-state index contributed by atoms with van der Waals surface area (Å²) in [6, 6.07) is 14.4. The smallest absolute Gasteiger partial charge is 0.318 e. The average Bonchev–Trinajstić information content (AvgIpc) is 3.53. The summed E-state index contributed by atoms with van der Waals surface area (Å²) in [4.78, 5) is 17.1. The van der Waals surface area contributed by atoms with Gasteiger partial charge in [-0.3, -0.25) is 0 Å². The fourth-order valence-electron chi connectivity index (χ4n) is 6.23. The van der Waals surface area contributed by atoms with Gasteiger partial charge >= 0.3 is 6.01 Å². The molecule has 2 fully saturated rings. The van der Waals surface area contributed by atoms with E-state index in [1.807, 2.05) is 12.1 Å². The third-order valence-electron chi connectivity index (χ3n) is 8.48. The number of aromatic nitrogens is 2. The SMILES string of the molecule is C[C@@H]1C[C@@H](N(C)c2nc(OCC3CCCN3C)nc3c2CCN(c2cccc4cccc(Cl)c24)C3)CN1. The zero-order valence-corrected chi connectivity index (χ0v) is 22.8. The Hall–Kier alpha value is -2.61. The molecule has 3 aliphatic rings. The highest BCUT2D eigenvalue weighted by Gasteiger charge is 2.31. The molecule has 0 aliphatic carbocycles. The van der Waals surface area contributed by atoms with Gasteiger partial charge in [-0.25, -0.2) is 0 Å². The Morgan fingerprint density at radius 1 is 1.16 bits per heavy atom. The lowest BCUT2D eigenvalue weighted by Gasteiger charge is -2.34. The van der Waals surface area contributed by atoms with Crippen molar-refractivity contribution in [3.63, 3.8) is 0 Å². The van der Waals surface area contributed by atoms with Crippen LogP contribution in [0.25, 0.3) is 10.8 Å². The first-order chi connectivity index (χ1) is 18.0. The van der Waals surface area contributed by atoms with Crippen molar-refractivity contribution >= 4 is 33.9 Å². The van der Waals surface area contributed by atoms with Crippen LogP contribution in [-0.2, 0) is 13.0 Å². The third-order valence-corrected chi connectivity index (χ3v) is 8.80. The highest BCUT2D eigenvalue weighted by molar-refractivity contribution is 6.36. The lowest BCUT2D eigenvalue weighted by molar-refractivity contribution is 0.187. The standard InChI is InChI=1S/C29H37ClN6O/c1-19-15-22(16-31-19)35(3)28-23-12-14-36(26-11-5-8-20-7-4-10-24(30)27(20)26)17-25(23)32-29(33-28)37-18-21-9-6-13-34(21)2/h4-5,7-8,10-11,19,21-22,31H,6,9,12-18H2,1-3H3/t19-,21?,22-/m1/s1. The molecule has 3 aliphatic heterocycles. The largest absolute Gasteiger partial charge is 0.462 e. The predicted molar refractivity (Wildman–Crippen MR) is 151 cm³/mol. The minimum atomic E-state index is 0.415. The van der Waals surface area contributed by atoms with E-state index in [1.165, 1.54) is 12.0 Å². The summed E-state index contributed by atoms with van der Waals surface area (Å²) in [5, 5.41) is 6.64. The Morgan fingerprint density at radius 2 is 2.00 bits per heavy atom. The van der Waals surface area contributed by atoms with Crippen molar-refractivity contribution in [2.75, 3.05) is 50.1 Å². The monoisotopic (exact) mass is 520 g/mol. The van der Waals surface area contributed by atoms with Crippen LogP contribution in [0, 0.1) is 0 Å². The number of ether oxygens (including phenoxy) is 1. The van der Waals surface area contributed by atoms with Crippen molar-refractivity contribution < 1.29 is 4.74 Å². The number of benzene rings is 2. The van der Waals surface area contributed by atoms with Crippen molar-refractivity contribution in [1.29, 1.82) is 0 Å². The summed E-state index contributed by atoms with van der Waals surface area (Å²) in [7, 11) is 4.35. The van der Waals surface area contributed by atoms with Crippen LogP contribution in [0.3, 0.4) is 0 Å². The van der Waals surface area contributed by atoms with Crippen LogP contribution in [0.15, 0.2) is 36.4 Å². The number of halogens is 1. The molecule has 37 heavy (non-hydrogen) atoms. The van der Waals surface area contributed by atoms with Crippen LogP contribution >= 0.6 is 11.6 Å². The van der Waals surface area contributed by atoms with Gasteiger partial charge in [-0.05, 0) is 63.7 Å². The number of hydrogen-bond donors (Lipinski definition) is 1. The van der Waals surface area contributed by atoms with E-state index in [9.17, 15) is 0 Å². The van der Waals surface area contributed by atoms with E-state index in [1.54, 1.807) is 0 Å². The van der Waals surface area contributed by atoms with Gasteiger partial charge in [0.1, 0.15) is 12.4 Å². The van der Waals surface area contributed by atoms with Crippen molar-refractivity contribution in [2.24, 2.45) is 0 Å². The molecule has 4 heterocycles. The van der Waals surface area contributed by atoms with Crippen LogP contribution in [0.5, 0.6) is 6.01 Å². The Morgan fingerprint density at radius 3 is 2.76 bits per heavy atom. The molecule has 196 valence electrons. The predicted octanol–water partition coefficient (Wildman–Crippen LogP) is 4.51. The Labute approximate surface area is 224 Å². The Kier molecular flexibility index (Phi) is 6.86. The van der Waals surface area contributed by atoms with Crippen molar-refractivity contribution in [1.82, 2.24) is 20.2 Å². The summed E-state index contributed by atoms with van der Waals surface area (Å²) in [5.74, 6) is 1.02. The van der Waals surface area contributed by atoms with Gasteiger partial charge in [-0.2, -0.15) is 9.97 Å². The molecule has 0 bridgehead atoms. The molecule has 0 radical (unpaired) electrons. The molecule has 3 aromatic rings. The second-order valence-corrected chi connectivity index (χ2v) is 11.3. The summed E-state index contributed by atoms with van der Waals surface area (Å²) >= 11 is 6.68. The normalized spacial score (nSPS) is 24.0. The minimum Gasteiger partial charge on any atom is -0.462 e. The minimum absolute atomic E-state index is 0.415. The Bertz CT molecular complexity index is 1280. The van der Waals surface area contributed by atoms with Crippen LogP contribution in [0.2, 0.25) is 5.02 Å². The van der Waals surface area contributed by atoms with Crippen LogP contribution in [0.1, 0.15) is 37.4 Å². The van der Waals surface area contributed by atoms with E-state index < -0.39 is 0 Å². The first kappa shape index (κ1) is 24.7. The van der Waals surface area contributed by atoms with Gasteiger partial charge in [0, 0.05) is 54.9 Å². The van der Waals surface area contributed by atoms with E-state index in [-0.39, 0.29) is 0 Å². The number of nitrogens with zero attached hydrogens (tertiary/aromatic N) is 5. The van der Waals surface area contributed by atoms with Gasteiger partial charge in [0.25, 0.3) is 0 Å². The second kappa shape index (κ2) is 10.3. The molecule has 0 amide bonds. The molecule has 3 atom stereocenters. The maximum Gasteiger partial charge on any atom is 0.318 e. The van der Waals surface area contributed by atoms with Crippen LogP contribution < -0.4 is 19.9 Å². The van der Waals surface area contributed by atoms with E-state index in [4.69, 9.17) is 26.3 Å². The quantitative estimate of drug-likeness (QED) is 0.513. The molecule has 2 aromatic carbocycles. The molecular formula is C29H37ClN6O. The lowest BCUT2D eigenvalue weighted by atomic mass is 10.0. The van der Waals surface area contributed by atoms with Gasteiger partial charge in [0.05, 0.1) is 17.3 Å². The molecule has 6 rings (SSSR count). The molecule has 1 unspecified atom stereocenters. The van der Waals surface area contributed by atoms with Crippen LogP contribution in [-0.4, -0.2) is 73.3 Å². The van der Waals surface area contributed by atoms with Gasteiger partial charge < -0.3 is 24.8 Å². The molecule has 1 N–H and O–H groups in total. The number of anilines is 2. The summed E-state index contributed by atoms with van der Waals surface area (Å²) in [6.45, 7) is 6.59. The first-order valence-corrected chi connectivity index (χ1v) is 14.0. The molecule has 7 nitrogen and oxygen atoms in total. The van der Waals surface area contributed by atoms with E-state index in [0.29, 0.717) is 37.3 Å². The van der Waals surface area contributed by atoms with E-state index in [2.05, 4.69) is 65.3 Å². The zero-order valence-electron chi connectivity index (χ0n) is 22.1. The number of rotatable bonds is 6. The molecule has 1 aromatic heterocycles. The summed E-state index contributed by atoms with van der Waals surface area (Å²) in [5.41, 5.74) is 3.46. The molecule has 0 saturated carbocycles. The number of likely N-dealkylation sites (N-methyl/N-ethyl adjacent to an activating group) is 2. The second-order valence-electron chi connectivity index (χ2n) is 10.9. The fourth-order valence-corrected chi connectivity index (χ4v) is 6.51. The van der Waals surface area contributed by atoms with E-state index in [0.717, 1.165) is 71.9 Å². The number of likely N-dealkylation sites (tertiary alicyclic amines) is 1. The summed E-state index contributed by atoms with van der Waals surface area (Å²) in [6.07, 6.45) is 4.38. The van der Waals surface area contributed by atoms with Gasteiger partial charge in [-0.1, -0.05) is 35.9 Å². The maximum atomic E-state index is 6.68. The third kappa shape index (κ3) is 4.85. The molecule has 8 heteroatoms.